The monoisotopic (exact) mass is 317 g/mol. The maximum Gasteiger partial charge on any atom is 0.224 e. The molecular formula is C18H27N3O2. The van der Waals surface area contributed by atoms with Crippen molar-refractivity contribution in [2.45, 2.75) is 38.8 Å². The Bertz CT molecular complexity index is 512. The van der Waals surface area contributed by atoms with Gasteiger partial charge in [-0.25, -0.2) is 0 Å². The Labute approximate surface area is 138 Å². The predicted molar refractivity (Wildman–Crippen MR) is 90.8 cm³/mol. The summed E-state index contributed by atoms with van der Waals surface area (Å²) < 4.78 is 0. The summed E-state index contributed by atoms with van der Waals surface area (Å²) in [7, 11) is 1.88. The highest BCUT2D eigenvalue weighted by molar-refractivity contribution is 5.78. The third-order valence-electron chi connectivity index (χ3n) is 4.51. The lowest BCUT2D eigenvalue weighted by atomic mass is 10.1. The van der Waals surface area contributed by atoms with Gasteiger partial charge in [0.05, 0.1) is 0 Å². The second kappa shape index (κ2) is 8.67. The highest BCUT2D eigenvalue weighted by Gasteiger charge is 2.22. The molecule has 5 nitrogen and oxygen atoms in total. The molecule has 2 rings (SSSR count). The van der Waals surface area contributed by atoms with Gasteiger partial charge < -0.3 is 15.1 Å². The number of carbonyl (C=O) groups is 2. The van der Waals surface area contributed by atoms with Gasteiger partial charge in [0.25, 0.3) is 0 Å². The van der Waals surface area contributed by atoms with Crippen LogP contribution in [0, 0.1) is 0 Å². The minimum atomic E-state index is 0.00572. The van der Waals surface area contributed by atoms with Crippen LogP contribution in [0.3, 0.4) is 0 Å². The van der Waals surface area contributed by atoms with Gasteiger partial charge in [0, 0.05) is 39.5 Å². The van der Waals surface area contributed by atoms with Crippen molar-refractivity contribution in [2.75, 3.05) is 26.7 Å². The Morgan fingerprint density at radius 1 is 1.17 bits per heavy atom. The first kappa shape index (κ1) is 17.5. The van der Waals surface area contributed by atoms with E-state index < -0.39 is 0 Å². The lowest BCUT2D eigenvalue weighted by Gasteiger charge is -2.32. The van der Waals surface area contributed by atoms with E-state index in [0.29, 0.717) is 25.6 Å². The normalized spacial score (nSPS) is 15.2. The van der Waals surface area contributed by atoms with Crippen molar-refractivity contribution in [3.8, 4) is 0 Å². The summed E-state index contributed by atoms with van der Waals surface area (Å²) in [6, 6.07) is 10.2. The lowest BCUT2D eigenvalue weighted by molar-refractivity contribution is -0.134. The highest BCUT2D eigenvalue weighted by Crippen LogP contribution is 2.12. The molecule has 1 N–H and O–H groups in total. The molecule has 1 heterocycles. The van der Waals surface area contributed by atoms with E-state index in [2.05, 4.69) is 5.32 Å². The molecule has 1 aromatic rings. The zero-order valence-corrected chi connectivity index (χ0v) is 14.1. The summed E-state index contributed by atoms with van der Waals surface area (Å²) in [4.78, 5) is 27.8. The fourth-order valence-electron chi connectivity index (χ4n) is 2.96. The lowest BCUT2D eigenvalue weighted by Crippen LogP contribution is -2.44. The van der Waals surface area contributed by atoms with Crippen molar-refractivity contribution in [2.24, 2.45) is 0 Å². The topological polar surface area (TPSA) is 52.7 Å². The van der Waals surface area contributed by atoms with Crippen molar-refractivity contribution >= 4 is 11.8 Å². The number of hydrogen-bond acceptors (Lipinski definition) is 3. The second-order valence-corrected chi connectivity index (χ2v) is 6.16. The van der Waals surface area contributed by atoms with E-state index in [1.807, 2.05) is 42.3 Å². The molecule has 0 radical (unpaired) electrons. The van der Waals surface area contributed by atoms with E-state index >= 15 is 0 Å². The maximum atomic E-state index is 12.4. The first-order chi connectivity index (χ1) is 11.1. The molecule has 2 amide bonds. The molecule has 5 heteroatoms. The van der Waals surface area contributed by atoms with Crippen molar-refractivity contribution < 1.29 is 9.59 Å². The van der Waals surface area contributed by atoms with Gasteiger partial charge in [-0.1, -0.05) is 30.3 Å². The SMILES string of the molecule is CC(=O)N(CCC(=O)N(C)C1CCNCC1)Cc1ccccc1. The molecule has 0 unspecified atom stereocenters. The number of piperidine rings is 1. The first-order valence-electron chi connectivity index (χ1n) is 8.33. The Morgan fingerprint density at radius 3 is 2.43 bits per heavy atom. The van der Waals surface area contributed by atoms with Gasteiger partial charge in [-0.05, 0) is 31.5 Å². The molecule has 0 saturated carbocycles. The molecule has 1 aliphatic heterocycles. The van der Waals surface area contributed by atoms with Gasteiger partial charge in [0.2, 0.25) is 11.8 Å². The Hall–Kier alpha value is -1.88. The number of carbonyl (C=O) groups excluding carboxylic acids is 2. The van der Waals surface area contributed by atoms with Crippen LogP contribution in [0.1, 0.15) is 31.7 Å². The third kappa shape index (κ3) is 5.36. The van der Waals surface area contributed by atoms with E-state index in [4.69, 9.17) is 0 Å². The Kier molecular flexibility index (Phi) is 6.59. The fraction of sp³-hybridized carbons (Fsp3) is 0.556. The molecule has 0 aromatic heterocycles. The van der Waals surface area contributed by atoms with E-state index in [1.54, 1.807) is 11.8 Å². The largest absolute Gasteiger partial charge is 0.343 e. The van der Waals surface area contributed by atoms with Gasteiger partial charge in [-0.2, -0.15) is 0 Å². The van der Waals surface area contributed by atoms with Gasteiger partial charge >= 0.3 is 0 Å². The van der Waals surface area contributed by atoms with Gasteiger partial charge in [-0.3, -0.25) is 9.59 Å². The van der Waals surface area contributed by atoms with Crippen LogP contribution in [0.2, 0.25) is 0 Å². The Morgan fingerprint density at radius 2 is 1.83 bits per heavy atom. The van der Waals surface area contributed by atoms with Crippen LogP contribution in [0.25, 0.3) is 0 Å². The molecule has 0 aliphatic carbocycles. The number of amides is 2. The smallest absolute Gasteiger partial charge is 0.224 e. The minimum Gasteiger partial charge on any atom is -0.343 e. The molecule has 0 atom stereocenters. The molecular weight excluding hydrogens is 290 g/mol. The number of benzene rings is 1. The number of hydrogen-bond donors (Lipinski definition) is 1. The van der Waals surface area contributed by atoms with Crippen LogP contribution in [0.5, 0.6) is 0 Å². The summed E-state index contributed by atoms with van der Waals surface area (Å²) in [6.45, 7) is 4.52. The van der Waals surface area contributed by atoms with Crippen molar-refractivity contribution in [1.29, 1.82) is 0 Å². The molecule has 1 fully saturated rings. The molecule has 0 bridgehead atoms. The summed E-state index contributed by atoms with van der Waals surface area (Å²) >= 11 is 0. The van der Waals surface area contributed by atoms with Gasteiger partial charge in [0.1, 0.15) is 0 Å². The van der Waals surface area contributed by atoms with Crippen LogP contribution < -0.4 is 5.32 Å². The van der Waals surface area contributed by atoms with Crippen LogP contribution >= 0.6 is 0 Å². The summed E-state index contributed by atoms with van der Waals surface area (Å²) in [6.07, 6.45) is 2.39. The fourth-order valence-corrected chi connectivity index (χ4v) is 2.96. The van der Waals surface area contributed by atoms with Crippen LogP contribution in [0.15, 0.2) is 30.3 Å². The average Bonchev–Trinajstić information content (AvgIpc) is 2.59. The summed E-state index contributed by atoms with van der Waals surface area (Å²) in [5, 5.41) is 3.31. The highest BCUT2D eigenvalue weighted by atomic mass is 16.2. The minimum absolute atomic E-state index is 0.00572. The zero-order valence-electron chi connectivity index (χ0n) is 14.1. The molecule has 1 aliphatic rings. The zero-order chi connectivity index (χ0) is 16.7. The van der Waals surface area contributed by atoms with Crippen LogP contribution in [-0.4, -0.2) is 54.3 Å². The van der Waals surface area contributed by atoms with Crippen LogP contribution in [0.4, 0.5) is 0 Å². The maximum absolute atomic E-state index is 12.4. The Balaban J connectivity index is 1.85. The van der Waals surface area contributed by atoms with Crippen molar-refractivity contribution in [3.63, 3.8) is 0 Å². The summed E-state index contributed by atoms with van der Waals surface area (Å²) in [5.74, 6) is 0.127. The first-order valence-corrected chi connectivity index (χ1v) is 8.33. The van der Waals surface area contributed by atoms with E-state index in [9.17, 15) is 9.59 Å². The second-order valence-electron chi connectivity index (χ2n) is 6.16. The van der Waals surface area contributed by atoms with Crippen LogP contribution in [-0.2, 0) is 16.1 Å². The van der Waals surface area contributed by atoms with E-state index in [1.165, 1.54) is 0 Å². The number of nitrogens with zero attached hydrogens (tertiary/aromatic N) is 2. The molecule has 0 spiro atoms. The molecule has 126 valence electrons. The van der Waals surface area contributed by atoms with Gasteiger partial charge in [-0.15, -0.1) is 0 Å². The predicted octanol–water partition coefficient (Wildman–Crippen LogP) is 1.64. The summed E-state index contributed by atoms with van der Waals surface area (Å²) in [5.41, 5.74) is 1.09. The van der Waals surface area contributed by atoms with E-state index in [-0.39, 0.29) is 11.8 Å². The average molecular weight is 317 g/mol. The standard InChI is InChI=1S/C18H27N3O2/c1-15(22)21(14-16-6-4-3-5-7-16)13-10-18(23)20(2)17-8-11-19-12-9-17/h3-7,17,19H,8-14H2,1-2H3. The van der Waals surface area contributed by atoms with Gasteiger partial charge in [0.15, 0.2) is 0 Å². The van der Waals surface area contributed by atoms with Crippen molar-refractivity contribution in [1.82, 2.24) is 15.1 Å². The molecule has 23 heavy (non-hydrogen) atoms. The van der Waals surface area contributed by atoms with E-state index in [0.717, 1.165) is 31.5 Å². The third-order valence-corrected chi connectivity index (χ3v) is 4.51. The number of rotatable bonds is 6. The number of nitrogens with one attached hydrogen (secondary N) is 1. The van der Waals surface area contributed by atoms with Crippen molar-refractivity contribution in [3.05, 3.63) is 35.9 Å². The molecule has 1 saturated heterocycles. The quantitative estimate of drug-likeness (QED) is 0.868. The molecule has 1 aromatic carbocycles.